The summed E-state index contributed by atoms with van der Waals surface area (Å²) in [6.45, 7) is 0. The van der Waals surface area contributed by atoms with Crippen LogP contribution in [0.3, 0.4) is 0 Å². The Morgan fingerprint density at radius 1 is 1.40 bits per heavy atom. The van der Waals surface area contributed by atoms with Gasteiger partial charge in [-0.15, -0.1) is 12.3 Å². The van der Waals surface area contributed by atoms with Gasteiger partial charge in [-0.25, -0.2) is 0 Å². The van der Waals surface area contributed by atoms with Gasteiger partial charge < -0.3 is 14.6 Å². The van der Waals surface area contributed by atoms with E-state index in [1.54, 1.807) is 0 Å². The van der Waals surface area contributed by atoms with Gasteiger partial charge in [-0.1, -0.05) is 0 Å². The van der Waals surface area contributed by atoms with Crippen molar-refractivity contribution in [2.45, 2.75) is 18.9 Å². The Balaban J connectivity index is 4.42. The highest BCUT2D eigenvalue weighted by Gasteiger charge is 2.28. The zero-order valence-electron chi connectivity index (χ0n) is 8.73. The van der Waals surface area contributed by atoms with Crippen LogP contribution in [0.5, 0.6) is 0 Å². The zero-order valence-corrected chi connectivity index (χ0v) is 8.73. The number of aliphatic hydroxyl groups excluding tert-OH is 1. The normalized spacial score (nSPS) is 13.5. The molecule has 0 aliphatic carbocycles. The topological polar surface area (TPSA) is 72.8 Å². The molecule has 2 atom stereocenters. The molecule has 0 heterocycles. The minimum atomic E-state index is -1.18. The highest BCUT2D eigenvalue weighted by atomic mass is 16.5. The Kier molecular flexibility index (Phi) is 6.14. The molecule has 15 heavy (non-hydrogen) atoms. The number of hydrogen-bond acceptors (Lipinski definition) is 5. The highest BCUT2D eigenvalue weighted by molar-refractivity contribution is 5.75. The number of rotatable bonds is 5. The lowest BCUT2D eigenvalue weighted by atomic mass is 9.96. The first-order chi connectivity index (χ1) is 7.06. The highest BCUT2D eigenvalue weighted by Crippen LogP contribution is 2.14. The summed E-state index contributed by atoms with van der Waals surface area (Å²) >= 11 is 0. The molecular weight excluding hydrogens is 200 g/mol. The summed E-state index contributed by atoms with van der Waals surface area (Å²) in [6.07, 6.45) is 3.60. The molecule has 0 aliphatic heterocycles. The minimum absolute atomic E-state index is 0.0187. The molecule has 0 aliphatic rings. The number of methoxy groups -OCH3 is 2. The molecule has 0 aromatic heterocycles. The number of ether oxygens (including phenoxy) is 2. The van der Waals surface area contributed by atoms with Crippen LogP contribution in [0.25, 0.3) is 0 Å². The third kappa shape index (κ3) is 4.47. The molecule has 0 aromatic rings. The van der Waals surface area contributed by atoms with Crippen molar-refractivity contribution in [1.82, 2.24) is 0 Å². The number of carbonyl (C=O) groups excluding carboxylic acids is 2. The number of aliphatic hydroxyl groups is 1. The van der Waals surface area contributed by atoms with Crippen LogP contribution < -0.4 is 0 Å². The maximum absolute atomic E-state index is 11.2. The van der Waals surface area contributed by atoms with Gasteiger partial charge >= 0.3 is 11.9 Å². The minimum Gasteiger partial charge on any atom is -0.469 e. The third-order valence-corrected chi connectivity index (χ3v) is 1.91. The van der Waals surface area contributed by atoms with Crippen molar-refractivity contribution in [2.75, 3.05) is 14.2 Å². The SMILES string of the molecule is C#CC[C@H](C(=O)OC)[C@H](O)CC(=O)OC. The molecular formula is C10H14O5. The van der Waals surface area contributed by atoms with Gasteiger partial charge in [0.2, 0.25) is 0 Å². The predicted octanol–water partition coefficient (Wildman–Crippen LogP) is -0.277. The molecule has 0 rings (SSSR count). The molecule has 5 heteroatoms. The van der Waals surface area contributed by atoms with Crippen LogP contribution in [0.15, 0.2) is 0 Å². The van der Waals surface area contributed by atoms with E-state index in [1.807, 2.05) is 0 Å². The second-order valence-corrected chi connectivity index (χ2v) is 2.89. The molecule has 5 nitrogen and oxygen atoms in total. The lowest BCUT2D eigenvalue weighted by Gasteiger charge is -2.17. The molecule has 0 bridgehead atoms. The van der Waals surface area contributed by atoms with Crippen LogP contribution in [-0.4, -0.2) is 37.4 Å². The van der Waals surface area contributed by atoms with E-state index in [0.717, 1.165) is 0 Å². The molecule has 0 radical (unpaired) electrons. The van der Waals surface area contributed by atoms with Crippen molar-refractivity contribution in [1.29, 1.82) is 0 Å². The van der Waals surface area contributed by atoms with E-state index >= 15 is 0 Å². The molecule has 0 amide bonds. The van der Waals surface area contributed by atoms with Crippen molar-refractivity contribution < 1.29 is 24.2 Å². The Hall–Kier alpha value is -1.54. The molecule has 0 unspecified atom stereocenters. The van der Waals surface area contributed by atoms with Crippen molar-refractivity contribution in [3.05, 3.63) is 0 Å². The second-order valence-electron chi connectivity index (χ2n) is 2.89. The Labute approximate surface area is 88.4 Å². The maximum atomic E-state index is 11.2. The summed E-state index contributed by atoms with van der Waals surface area (Å²) in [4.78, 5) is 22.0. The van der Waals surface area contributed by atoms with Crippen molar-refractivity contribution in [3.8, 4) is 12.3 Å². The van der Waals surface area contributed by atoms with E-state index in [9.17, 15) is 14.7 Å². The Bertz CT molecular complexity index is 265. The van der Waals surface area contributed by atoms with Crippen molar-refractivity contribution >= 4 is 11.9 Å². The zero-order chi connectivity index (χ0) is 11.8. The van der Waals surface area contributed by atoms with Gasteiger partial charge in [-0.05, 0) is 0 Å². The van der Waals surface area contributed by atoms with Crippen LogP contribution in [0, 0.1) is 18.3 Å². The third-order valence-electron chi connectivity index (χ3n) is 1.91. The van der Waals surface area contributed by atoms with Crippen LogP contribution in [0.2, 0.25) is 0 Å². The first-order valence-electron chi connectivity index (χ1n) is 4.33. The quantitative estimate of drug-likeness (QED) is 0.503. The lowest BCUT2D eigenvalue weighted by molar-refractivity contribution is -0.152. The van der Waals surface area contributed by atoms with E-state index in [-0.39, 0.29) is 12.8 Å². The molecule has 0 aromatic carbocycles. The molecule has 0 saturated carbocycles. The summed E-state index contributed by atoms with van der Waals surface area (Å²) in [5.74, 6) is 0.114. The summed E-state index contributed by atoms with van der Waals surface area (Å²) in [5, 5.41) is 9.55. The smallest absolute Gasteiger partial charge is 0.312 e. The van der Waals surface area contributed by atoms with Crippen molar-refractivity contribution in [3.63, 3.8) is 0 Å². The summed E-state index contributed by atoms with van der Waals surface area (Å²) in [7, 11) is 2.39. The fraction of sp³-hybridized carbons (Fsp3) is 0.600. The van der Waals surface area contributed by atoms with E-state index in [0.29, 0.717) is 0 Å². The average Bonchev–Trinajstić information content (AvgIpc) is 2.24. The molecule has 0 fully saturated rings. The van der Waals surface area contributed by atoms with Gasteiger partial charge in [0.05, 0.1) is 32.7 Å². The molecule has 1 N–H and O–H groups in total. The summed E-state index contributed by atoms with van der Waals surface area (Å²) in [6, 6.07) is 0. The van der Waals surface area contributed by atoms with Gasteiger partial charge in [-0.2, -0.15) is 0 Å². The first-order valence-corrected chi connectivity index (χ1v) is 4.33. The summed E-state index contributed by atoms with van der Waals surface area (Å²) < 4.78 is 8.81. The Morgan fingerprint density at radius 2 is 2.00 bits per heavy atom. The van der Waals surface area contributed by atoms with Gasteiger partial charge in [0.1, 0.15) is 0 Å². The predicted molar refractivity (Wildman–Crippen MR) is 51.6 cm³/mol. The lowest BCUT2D eigenvalue weighted by Crippen LogP contribution is -2.31. The van der Waals surface area contributed by atoms with Crippen LogP contribution in [-0.2, 0) is 19.1 Å². The molecule has 0 spiro atoms. The first kappa shape index (κ1) is 13.5. The second kappa shape index (κ2) is 6.85. The monoisotopic (exact) mass is 214 g/mol. The largest absolute Gasteiger partial charge is 0.469 e. The van der Waals surface area contributed by atoms with E-state index in [1.165, 1.54) is 14.2 Å². The number of carbonyl (C=O) groups is 2. The van der Waals surface area contributed by atoms with E-state index < -0.39 is 24.0 Å². The molecule has 0 saturated heterocycles. The van der Waals surface area contributed by atoms with Gasteiger partial charge in [-0.3, -0.25) is 9.59 Å². The average molecular weight is 214 g/mol. The van der Waals surface area contributed by atoms with Crippen LogP contribution >= 0.6 is 0 Å². The maximum Gasteiger partial charge on any atom is 0.312 e. The standard InChI is InChI=1S/C10H14O5/c1-4-5-7(10(13)15-3)8(11)6-9(12)14-2/h1,7-8,11H,5-6H2,2-3H3/t7-,8+/m0/s1. The summed E-state index contributed by atoms with van der Waals surface area (Å²) in [5.41, 5.74) is 0. The van der Waals surface area contributed by atoms with Crippen LogP contribution in [0.1, 0.15) is 12.8 Å². The fourth-order valence-electron chi connectivity index (χ4n) is 1.05. The van der Waals surface area contributed by atoms with Gasteiger partial charge in [0.15, 0.2) is 0 Å². The van der Waals surface area contributed by atoms with Crippen molar-refractivity contribution in [2.24, 2.45) is 5.92 Å². The van der Waals surface area contributed by atoms with Crippen LogP contribution in [0.4, 0.5) is 0 Å². The van der Waals surface area contributed by atoms with E-state index in [4.69, 9.17) is 6.42 Å². The number of hydrogen-bond donors (Lipinski definition) is 1. The van der Waals surface area contributed by atoms with Gasteiger partial charge in [0.25, 0.3) is 0 Å². The van der Waals surface area contributed by atoms with Gasteiger partial charge in [0, 0.05) is 6.42 Å². The Morgan fingerprint density at radius 3 is 2.40 bits per heavy atom. The van der Waals surface area contributed by atoms with E-state index in [2.05, 4.69) is 15.4 Å². The number of terminal acetylenes is 1. The fourth-order valence-corrected chi connectivity index (χ4v) is 1.05. The molecule has 84 valence electrons. The number of esters is 2.